The number of hydrogen-bond donors (Lipinski definition) is 1. The Hall–Kier alpha value is -2.48. The van der Waals surface area contributed by atoms with Crippen LogP contribution in [0.1, 0.15) is 55.9 Å². The molecule has 0 aliphatic carbocycles. The molecule has 4 rings (SSSR count). The molecule has 3 aromatic rings. The Kier molecular flexibility index (Phi) is 6.73. The van der Waals surface area contributed by atoms with E-state index in [0.717, 1.165) is 40.4 Å². The van der Waals surface area contributed by atoms with Crippen LogP contribution < -0.4 is 5.56 Å². The number of H-pyrrole nitrogens is 1. The Labute approximate surface area is 202 Å². The molecule has 1 aromatic heterocycles. The first kappa shape index (κ1) is 24.6. The van der Waals surface area contributed by atoms with Crippen LogP contribution in [0.4, 0.5) is 0 Å². The molecular formula is C27H34N2O4S. The fourth-order valence-corrected chi connectivity index (χ4v) is 6.03. The lowest BCUT2D eigenvalue weighted by atomic mass is 9.87. The molecule has 1 saturated heterocycles. The van der Waals surface area contributed by atoms with Crippen molar-refractivity contribution in [1.82, 2.24) is 9.29 Å². The van der Waals surface area contributed by atoms with Crippen LogP contribution in [0, 0.1) is 13.8 Å². The van der Waals surface area contributed by atoms with E-state index in [9.17, 15) is 13.2 Å². The number of benzene rings is 2. The molecule has 0 amide bonds. The minimum absolute atomic E-state index is 0.0124. The minimum Gasteiger partial charge on any atom is -0.377 e. The molecule has 1 N–H and O–H groups in total. The zero-order chi connectivity index (χ0) is 24.7. The molecule has 34 heavy (non-hydrogen) atoms. The monoisotopic (exact) mass is 482 g/mol. The van der Waals surface area contributed by atoms with Crippen molar-refractivity contribution < 1.29 is 13.2 Å². The second-order valence-electron chi connectivity index (χ2n) is 10.4. The lowest BCUT2D eigenvalue weighted by Gasteiger charge is -2.25. The van der Waals surface area contributed by atoms with Gasteiger partial charge in [-0.1, -0.05) is 44.5 Å². The fraction of sp³-hybridized carbons (Fsp3) is 0.444. The maximum atomic E-state index is 13.7. The zero-order valence-electron chi connectivity index (χ0n) is 20.6. The van der Waals surface area contributed by atoms with Gasteiger partial charge in [0.05, 0.1) is 16.5 Å². The van der Waals surface area contributed by atoms with Gasteiger partial charge in [-0.2, -0.15) is 4.31 Å². The van der Waals surface area contributed by atoms with Crippen LogP contribution in [0.2, 0.25) is 0 Å². The summed E-state index contributed by atoms with van der Waals surface area (Å²) in [7, 11) is -3.83. The average Bonchev–Trinajstić information content (AvgIpc) is 3.27. The van der Waals surface area contributed by atoms with Gasteiger partial charge in [0, 0.05) is 25.3 Å². The van der Waals surface area contributed by atoms with Crippen molar-refractivity contribution in [3.05, 3.63) is 75.1 Å². The summed E-state index contributed by atoms with van der Waals surface area (Å²) in [6, 6.07) is 12.9. The van der Waals surface area contributed by atoms with Gasteiger partial charge < -0.3 is 9.72 Å². The molecule has 0 bridgehead atoms. The summed E-state index contributed by atoms with van der Waals surface area (Å²) < 4.78 is 34.6. The quantitative estimate of drug-likeness (QED) is 0.547. The van der Waals surface area contributed by atoms with E-state index in [0.29, 0.717) is 12.2 Å². The summed E-state index contributed by atoms with van der Waals surface area (Å²) in [4.78, 5) is 16.1. The lowest BCUT2D eigenvalue weighted by molar-refractivity contribution is 0.0925. The number of sulfonamides is 1. The Bertz CT molecular complexity index is 1350. The highest BCUT2D eigenvalue weighted by Gasteiger charge is 2.30. The first-order chi connectivity index (χ1) is 15.9. The van der Waals surface area contributed by atoms with Gasteiger partial charge >= 0.3 is 0 Å². The number of aromatic nitrogens is 1. The predicted octanol–water partition coefficient (Wildman–Crippen LogP) is 4.81. The van der Waals surface area contributed by atoms with Gasteiger partial charge in [-0.25, -0.2) is 8.42 Å². The molecule has 182 valence electrons. The number of pyridine rings is 1. The number of hydrogen-bond acceptors (Lipinski definition) is 4. The summed E-state index contributed by atoms with van der Waals surface area (Å²) in [5.74, 6) is 0. The van der Waals surface area contributed by atoms with Crippen LogP contribution in [0.15, 0.2) is 52.2 Å². The summed E-state index contributed by atoms with van der Waals surface area (Å²) in [6.45, 7) is 11.1. The van der Waals surface area contributed by atoms with Crippen LogP contribution in [0.25, 0.3) is 10.9 Å². The van der Waals surface area contributed by atoms with E-state index in [1.807, 2.05) is 44.2 Å². The second-order valence-corrected chi connectivity index (χ2v) is 12.3. The van der Waals surface area contributed by atoms with E-state index < -0.39 is 10.0 Å². The highest BCUT2D eigenvalue weighted by Crippen LogP contribution is 2.27. The van der Waals surface area contributed by atoms with Gasteiger partial charge in [-0.15, -0.1) is 0 Å². The number of ether oxygens (including phenoxy) is 1. The zero-order valence-corrected chi connectivity index (χ0v) is 21.5. The maximum Gasteiger partial charge on any atom is 0.252 e. The number of nitrogens with one attached hydrogen (secondary N) is 1. The maximum absolute atomic E-state index is 13.7. The van der Waals surface area contributed by atoms with Gasteiger partial charge in [0.1, 0.15) is 0 Å². The SMILES string of the molecule is Cc1cc(C)c2[nH]c(=O)c(CN(CC3CCCO3)S(=O)(=O)c3ccc(C(C)(C)C)cc3)cc2c1. The van der Waals surface area contributed by atoms with E-state index in [2.05, 4.69) is 25.8 Å². The highest BCUT2D eigenvalue weighted by atomic mass is 32.2. The van der Waals surface area contributed by atoms with Gasteiger partial charge in [-0.05, 0) is 72.9 Å². The molecule has 0 saturated carbocycles. The van der Waals surface area contributed by atoms with Crippen LogP contribution in [-0.4, -0.2) is 37.0 Å². The molecule has 1 aliphatic heterocycles. The Morgan fingerprint density at radius 2 is 1.79 bits per heavy atom. The number of aromatic amines is 1. The van der Waals surface area contributed by atoms with E-state index in [1.54, 1.807) is 12.1 Å². The normalized spacial score (nSPS) is 17.1. The van der Waals surface area contributed by atoms with Crippen molar-refractivity contribution in [3.8, 4) is 0 Å². The molecule has 0 spiro atoms. The van der Waals surface area contributed by atoms with E-state index >= 15 is 0 Å². The van der Waals surface area contributed by atoms with Gasteiger partial charge in [0.2, 0.25) is 10.0 Å². The average molecular weight is 483 g/mol. The van der Waals surface area contributed by atoms with Crippen LogP contribution >= 0.6 is 0 Å². The third kappa shape index (κ3) is 5.11. The van der Waals surface area contributed by atoms with Crippen molar-refractivity contribution in [2.75, 3.05) is 13.2 Å². The van der Waals surface area contributed by atoms with Crippen molar-refractivity contribution in [1.29, 1.82) is 0 Å². The summed E-state index contributed by atoms with van der Waals surface area (Å²) in [5.41, 5.74) is 4.00. The molecule has 2 heterocycles. The van der Waals surface area contributed by atoms with Crippen LogP contribution in [0.5, 0.6) is 0 Å². The Morgan fingerprint density at radius 3 is 2.41 bits per heavy atom. The van der Waals surface area contributed by atoms with Crippen molar-refractivity contribution >= 4 is 20.9 Å². The lowest BCUT2D eigenvalue weighted by Crippen LogP contribution is -2.38. The third-order valence-corrected chi connectivity index (χ3v) is 8.33. The summed E-state index contributed by atoms with van der Waals surface area (Å²) in [6.07, 6.45) is 1.54. The molecule has 1 fully saturated rings. The van der Waals surface area contributed by atoms with E-state index in [-0.39, 0.29) is 35.1 Å². The fourth-order valence-electron chi connectivity index (χ4n) is 4.58. The van der Waals surface area contributed by atoms with Crippen molar-refractivity contribution in [2.45, 2.75) is 70.4 Å². The molecule has 1 aliphatic rings. The number of rotatable bonds is 6. The topological polar surface area (TPSA) is 79.5 Å². The number of nitrogens with zero attached hydrogens (tertiary/aromatic N) is 1. The number of fused-ring (bicyclic) bond motifs is 1. The predicted molar refractivity (Wildman–Crippen MR) is 136 cm³/mol. The van der Waals surface area contributed by atoms with Gasteiger partial charge in [-0.3, -0.25) is 4.79 Å². The van der Waals surface area contributed by atoms with E-state index in [1.165, 1.54) is 4.31 Å². The van der Waals surface area contributed by atoms with Gasteiger partial charge in [0.15, 0.2) is 0 Å². The van der Waals surface area contributed by atoms with Crippen molar-refractivity contribution in [3.63, 3.8) is 0 Å². The van der Waals surface area contributed by atoms with Crippen molar-refractivity contribution in [2.24, 2.45) is 0 Å². The largest absolute Gasteiger partial charge is 0.377 e. The number of aryl methyl sites for hydroxylation is 2. The Balaban J connectivity index is 1.73. The van der Waals surface area contributed by atoms with Crippen LogP contribution in [0.3, 0.4) is 0 Å². The smallest absolute Gasteiger partial charge is 0.252 e. The second kappa shape index (κ2) is 9.29. The minimum atomic E-state index is -3.83. The molecule has 2 aromatic carbocycles. The van der Waals surface area contributed by atoms with Gasteiger partial charge in [0.25, 0.3) is 5.56 Å². The molecule has 1 unspecified atom stereocenters. The Morgan fingerprint density at radius 1 is 1.09 bits per heavy atom. The molecule has 1 atom stereocenters. The molecule has 0 radical (unpaired) electrons. The summed E-state index contributed by atoms with van der Waals surface area (Å²) >= 11 is 0. The molecular weight excluding hydrogens is 448 g/mol. The first-order valence-electron chi connectivity index (χ1n) is 11.8. The standard InChI is InChI=1S/C27H34N2O4S/c1-18-13-19(2)25-20(14-18)15-21(26(30)28-25)16-29(17-23-7-6-12-33-23)34(31,32)24-10-8-22(9-11-24)27(3,4)5/h8-11,13-15,23H,6-7,12,16-17H2,1-5H3,(H,28,30). The highest BCUT2D eigenvalue weighted by molar-refractivity contribution is 7.89. The third-order valence-electron chi connectivity index (χ3n) is 6.51. The van der Waals surface area contributed by atoms with E-state index in [4.69, 9.17) is 4.74 Å². The molecule has 6 nitrogen and oxygen atoms in total. The first-order valence-corrected chi connectivity index (χ1v) is 13.2. The molecule has 7 heteroatoms. The summed E-state index contributed by atoms with van der Waals surface area (Å²) in [5, 5.41) is 0.899. The van der Waals surface area contributed by atoms with Crippen LogP contribution in [-0.2, 0) is 26.7 Å².